The number of carbonyl (C=O) groups is 1. The maximum absolute atomic E-state index is 11.7. The van der Waals surface area contributed by atoms with Gasteiger partial charge in [-0.05, 0) is 18.2 Å². The van der Waals surface area contributed by atoms with Gasteiger partial charge in [-0.2, -0.15) is 0 Å². The maximum atomic E-state index is 11.7. The molecule has 0 aliphatic carbocycles. The van der Waals surface area contributed by atoms with Crippen LogP contribution in [0.4, 0.5) is 0 Å². The van der Waals surface area contributed by atoms with Crippen LogP contribution in [-0.2, 0) is 4.79 Å². The van der Waals surface area contributed by atoms with Gasteiger partial charge in [-0.25, -0.2) is 0 Å². The molecule has 0 aromatic heterocycles. The molecule has 0 heterocycles. The molecule has 0 N–H and O–H groups in total. The molecule has 0 radical (unpaired) electrons. The average molecular weight is 274 g/mol. The first kappa shape index (κ1) is 16.0. The van der Waals surface area contributed by atoms with Crippen LogP contribution in [0.3, 0.4) is 0 Å². The molecule has 0 aliphatic rings. The summed E-state index contributed by atoms with van der Waals surface area (Å²) in [7, 11) is 3.23. The Kier molecular flexibility index (Phi) is 5.56. The zero-order valence-electron chi connectivity index (χ0n) is 12.8. The minimum atomic E-state index is -0.345. The zero-order valence-corrected chi connectivity index (χ0v) is 12.8. The van der Waals surface area contributed by atoms with Gasteiger partial charge < -0.3 is 9.47 Å². The molecule has 1 rings (SSSR count). The highest BCUT2D eigenvalue weighted by atomic mass is 16.5. The number of hydrogen-bond donors (Lipinski definition) is 0. The highest BCUT2D eigenvalue weighted by molar-refractivity contribution is 5.94. The molecule has 1 aromatic carbocycles. The first-order valence-corrected chi connectivity index (χ1v) is 6.49. The Balaban J connectivity index is 2.81. The van der Waals surface area contributed by atoms with Gasteiger partial charge >= 0.3 is 0 Å². The number of hydrogen-bond acceptors (Lipinski definition) is 3. The summed E-state index contributed by atoms with van der Waals surface area (Å²) in [5, 5.41) is 0. The Morgan fingerprint density at radius 1 is 1.10 bits per heavy atom. The molecule has 20 heavy (non-hydrogen) atoms. The van der Waals surface area contributed by atoms with E-state index in [4.69, 9.17) is 9.47 Å². The number of allylic oxidation sites excluding steroid dienone is 3. The number of methoxy groups -OCH3 is 2. The lowest BCUT2D eigenvalue weighted by Gasteiger charge is -2.12. The number of carbonyl (C=O) groups excluding carboxylic acids is 1. The van der Waals surface area contributed by atoms with Crippen molar-refractivity contribution in [1.82, 2.24) is 0 Å². The minimum absolute atomic E-state index is 0.101. The van der Waals surface area contributed by atoms with Gasteiger partial charge in [-0.15, -0.1) is 0 Å². The third-order valence-corrected chi connectivity index (χ3v) is 2.81. The standard InChI is InChI=1S/C17H22O3/c1-17(2,3)16(18)9-7-6-8-13-10-11-14(19-4)12-15(13)20-5/h6-12H,1-5H3/b8-6+,9-7+. The van der Waals surface area contributed by atoms with Gasteiger partial charge in [0.05, 0.1) is 14.2 Å². The van der Waals surface area contributed by atoms with Crippen molar-refractivity contribution < 1.29 is 14.3 Å². The second kappa shape index (κ2) is 6.94. The van der Waals surface area contributed by atoms with Crippen molar-refractivity contribution in [3.63, 3.8) is 0 Å². The largest absolute Gasteiger partial charge is 0.497 e. The zero-order chi connectivity index (χ0) is 15.2. The predicted molar refractivity (Wildman–Crippen MR) is 82.2 cm³/mol. The van der Waals surface area contributed by atoms with E-state index in [-0.39, 0.29) is 11.2 Å². The monoisotopic (exact) mass is 274 g/mol. The van der Waals surface area contributed by atoms with E-state index in [0.29, 0.717) is 0 Å². The predicted octanol–water partition coefficient (Wildman–Crippen LogP) is 3.89. The van der Waals surface area contributed by atoms with Gasteiger partial charge in [-0.3, -0.25) is 4.79 Å². The molecular formula is C17H22O3. The summed E-state index contributed by atoms with van der Waals surface area (Å²) in [6, 6.07) is 5.60. The molecule has 0 amide bonds. The summed E-state index contributed by atoms with van der Waals surface area (Å²) < 4.78 is 10.4. The summed E-state index contributed by atoms with van der Waals surface area (Å²) in [6.07, 6.45) is 7.06. The molecule has 1 aromatic rings. The first-order chi connectivity index (χ1) is 9.38. The molecular weight excluding hydrogens is 252 g/mol. The van der Waals surface area contributed by atoms with Gasteiger partial charge in [-0.1, -0.05) is 39.0 Å². The second-order valence-corrected chi connectivity index (χ2v) is 5.44. The number of ketones is 1. The van der Waals surface area contributed by atoms with E-state index in [1.54, 1.807) is 26.4 Å². The van der Waals surface area contributed by atoms with Crippen LogP contribution in [0.15, 0.2) is 36.4 Å². The first-order valence-electron chi connectivity index (χ1n) is 6.49. The minimum Gasteiger partial charge on any atom is -0.497 e. The number of benzene rings is 1. The van der Waals surface area contributed by atoms with Crippen LogP contribution in [0.5, 0.6) is 11.5 Å². The fourth-order valence-electron chi connectivity index (χ4n) is 1.51. The molecule has 108 valence electrons. The van der Waals surface area contributed by atoms with Gasteiger partial charge in [0.2, 0.25) is 0 Å². The van der Waals surface area contributed by atoms with Crippen molar-refractivity contribution in [3.05, 3.63) is 42.0 Å². The molecule has 0 unspecified atom stereocenters. The lowest BCUT2D eigenvalue weighted by molar-refractivity contribution is -0.121. The summed E-state index contributed by atoms with van der Waals surface area (Å²) in [5.41, 5.74) is 0.587. The van der Waals surface area contributed by atoms with E-state index in [2.05, 4.69) is 0 Å². The molecule has 0 saturated heterocycles. The maximum Gasteiger partial charge on any atom is 0.160 e. The van der Waals surface area contributed by atoms with Crippen LogP contribution in [0.1, 0.15) is 26.3 Å². The van der Waals surface area contributed by atoms with Crippen molar-refractivity contribution in [2.45, 2.75) is 20.8 Å². The molecule has 0 aliphatic heterocycles. The summed E-state index contributed by atoms with van der Waals surface area (Å²) in [5.74, 6) is 1.58. The fraction of sp³-hybridized carbons (Fsp3) is 0.353. The highest BCUT2D eigenvalue weighted by Crippen LogP contribution is 2.25. The lowest BCUT2D eigenvalue weighted by atomic mass is 9.91. The quantitative estimate of drug-likeness (QED) is 0.603. The molecule has 0 spiro atoms. The van der Waals surface area contributed by atoms with E-state index in [1.165, 1.54) is 0 Å². The third-order valence-electron chi connectivity index (χ3n) is 2.81. The second-order valence-electron chi connectivity index (χ2n) is 5.44. The van der Waals surface area contributed by atoms with Gasteiger partial charge in [0, 0.05) is 17.0 Å². The Hall–Kier alpha value is -2.03. The van der Waals surface area contributed by atoms with Crippen LogP contribution in [0.25, 0.3) is 6.08 Å². The molecule has 0 fully saturated rings. The van der Waals surface area contributed by atoms with Gasteiger partial charge in [0.1, 0.15) is 11.5 Å². The van der Waals surface area contributed by atoms with Crippen LogP contribution < -0.4 is 9.47 Å². The molecule has 0 saturated carbocycles. The van der Waals surface area contributed by atoms with E-state index >= 15 is 0 Å². The summed E-state index contributed by atoms with van der Waals surface area (Å²) in [6.45, 7) is 5.70. The molecule has 0 bridgehead atoms. The van der Waals surface area contributed by atoms with Crippen molar-refractivity contribution in [1.29, 1.82) is 0 Å². The third kappa shape index (κ3) is 4.57. The normalized spacial score (nSPS) is 12.1. The molecule has 0 atom stereocenters. The van der Waals surface area contributed by atoms with Gasteiger partial charge in [0.25, 0.3) is 0 Å². The van der Waals surface area contributed by atoms with E-state index in [0.717, 1.165) is 17.1 Å². The average Bonchev–Trinajstić information content (AvgIpc) is 2.42. The van der Waals surface area contributed by atoms with Crippen LogP contribution in [-0.4, -0.2) is 20.0 Å². The Bertz CT molecular complexity index is 520. The van der Waals surface area contributed by atoms with Crippen molar-refractivity contribution >= 4 is 11.9 Å². The van der Waals surface area contributed by atoms with Crippen molar-refractivity contribution in [2.24, 2.45) is 5.41 Å². The Labute approximate surface area is 120 Å². The molecule has 3 heteroatoms. The van der Waals surface area contributed by atoms with Crippen LogP contribution in [0, 0.1) is 5.41 Å². The summed E-state index contributed by atoms with van der Waals surface area (Å²) >= 11 is 0. The highest BCUT2D eigenvalue weighted by Gasteiger charge is 2.17. The molecule has 3 nitrogen and oxygen atoms in total. The van der Waals surface area contributed by atoms with E-state index < -0.39 is 0 Å². The fourth-order valence-corrected chi connectivity index (χ4v) is 1.51. The van der Waals surface area contributed by atoms with E-state index in [9.17, 15) is 4.79 Å². The van der Waals surface area contributed by atoms with Crippen LogP contribution >= 0.6 is 0 Å². The Morgan fingerprint density at radius 2 is 1.80 bits per heavy atom. The SMILES string of the molecule is COc1ccc(/C=C/C=C/C(=O)C(C)(C)C)c(OC)c1. The van der Waals surface area contributed by atoms with Crippen LogP contribution in [0.2, 0.25) is 0 Å². The number of rotatable bonds is 5. The summed E-state index contributed by atoms with van der Waals surface area (Å²) in [4.78, 5) is 11.7. The van der Waals surface area contributed by atoms with Crippen molar-refractivity contribution in [3.8, 4) is 11.5 Å². The topological polar surface area (TPSA) is 35.5 Å². The van der Waals surface area contributed by atoms with Gasteiger partial charge in [0.15, 0.2) is 5.78 Å². The lowest BCUT2D eigenvalue weighted by Crippen LogP contribution is -2.17. The number of ether oxygens (including phenoxy) is 2. The smallest absolute Gasteiger partial charge is 0.160 e. The van der Waals surface area contributed by atoms with Crippen molar-refractivity contribution in [2.75, 3.05) is 14.2 Å². The Morgan fingerprint density at radius 3 is 2.35 bits per heavy atom. The van der Waals surface area contributed by atoms with E-state index in [1.807, 2.05) is 51.1 Å².